The first-order chi connectivity index (χ1) is 11.8. The van der Waals surface area contributed by atoms with E-state index in [9.17, 15) is 4.79 Å². The van der Waals surface area contributed by atoms with Gasteiger partial charge in [-0.25, -0.2) is 0 Å². The molecular weight excluding hydrogens is 336 g/mol. The second-order valence-corrected chi connectivity index (χ2v) is 5.81. The minimum Gasteiger partial charge on any atom is -0.488 e. The van der Waals surface area contributed by atoms with Crippen LogP contribution in [-0.2, 0) is 11.2 Å². The van der Waals surface area contributed by atoms with Crippen LogP contribution in [0.1, 0.15) is 11.1 Å². The largest absolute Gasteiger partial charge is 0.488 e. The van der Waals surface area contributed by atoms with Crippen LogP contribution in [-0.4, -0.2) is 37.0 Å². The summed E-state index contributed by atoms with van der Waals surface area (Å²) in [5.41, 5.74) is 8.54. The molecule has 1 amide bonds. The normalized spacial score (nSPS) is 12.3. The minimum absolute atomic E-state index is 0. The molecule has 2 N–H and O–H groups in total. The summed E-state index contributed by atoms with van der Waals surface area (Å²) in [6.07, 6.45) is 2.74. The Balaban J connectivity index is 0.00000225. The molecule has 0 saturated heterocycles. The summed E-state index contributed by atoms with van der Waals surface area (Å²) in [7, 11) is 0. The van der Waals surface area contributed by atoms with Crippen molar-refractivity contribution in [2.24, 2.45) is 5.73 Å². The van der Waals surface area contributed by atoms with Gasteiger partial charge in [-0.05, 0) is 24.1 Å². The molecule has 1 aliphatic rings. The fraction of sp³-hybridized carbons (Fsp3) is 0.250. The van der Waals surface area contributed by atoms with Crippen LogP contribution < -0.4 is 10.5 Å². The van der Waals surface area contributed by atoms with Crippen molar-refractivity contribution in [3.05, 3.63) is 71.3 Å². The standard InChI is InChI=1S/C20H22N2O2.ClH/c21-11-13-22(12-10-16-6-2-1-3-7-16)20(23)18-14-17-8-4-5-9-19(17)24-15-18;/h1-9,14H,10-13,15,21H2;1H. The number of hydrogen-bond donors (Lipinski definition) is 1. The molecule has 132 valence electrons. The Hall–Kier alpha value is -2.30. The number of nitrogens with zero attached hydrogens (tertiary/aromatic N) is 1. The van der Waals surface area contributed by atoms with Crippen LogP contribution in [0.5, 0.6) is 5.75 Å². The lowest BCUT2D eigenvalue weighted by Crippen LogP contribution is -2.39. The van der Waals surface area contributed by atoms with Crippen molar-refractivity contribution in [3.63, 3.8) is 0 Å². The molecule has 0 aliphatic carbocycles. The fourth-order valence-corrected chi connectivity index (χ4v) is 2.82. The van der Waals surface area contributed by atoms with E-state index >= 15 is 0 Å². The van der Waals surface area contributed by atoms with E-state index in [1.165, 1.54) is 5.56 Å². The molecule has 25 heavy (non-hydrogen) atoms. The van der Waals surface area contributed by atoms with Gasteiger partial charge in [-0.1, -0.05) is 48.5 Å². The number of carbonyl (C=O) groups excluding carboxylic acids is 1. The third kappa shape index (κ3) is 4.84. The molecule has 4 nitrogen and oxygen atoms in total. The first-order valence-corrected chi connectivity index (χ1v) is 8.23. The molecule has 3 rings (SSSR count). The third-order valence-corrected chi connectivity index (χ3v) is 4.11. The van der Waals surface area contributed by atoms with Crippen molar-refractivity contribution in [1.29, 1.82) is 0 Å². The molecule has 0 saturated carbocycles. The molecule has 0 spiro atoms. The zero-order valence-corrected chi connectivity index (χ0v) is 14.9. The molecule has 2 aromatic carbocycles. The van der Waals surface area contributed by atoms with Crippen LogP contribution in [0.25, 0.3) is 6.08 Å². The number of ether oxygens (including phenoxy) is 1. The van der Waals surface area contributed by atoms with Crippen molar-refractivity contribution in [1.82, 2.24) is 4.90 Å². The van der Waals surface area contributed by atoms with Gasteiger partial charge in [-0.3, -0.25) is 4.79 Å². The van der Waals surface area contributed by atoms with E-state index in [2.05, 4.69) is 12.1 Å². The number of halogens is 1. The highest BCUT2D eigenvalue weighted by Gasteiger charge is 2.21. The second kappa shape index (κ2) is 9.25. The number of amides is 1. The van der Waals surface area contributed by atoms with Crippen molar-refractivity contribution in [2.45, 2.75) is 6.42 Å². The summed E-state index contributed by atoms with van der Waals surface area (Å²) >= 11 is 0. The van der Waals surface area contributed by atoms with E-state index in [0.717, 1.165) is 17.7 Å². The van der Waals surface area contributed by atoms with E-state index in [1.807, 2.05) is 53.4 Å². The third-order valence-electron chi connectivity index (χ3n) is 4.11. The second-order valence-electron chi connectivity index (χ2n) is 5.81. The fourth-order valence-electron chi connectivity index (χ4n) is 2.82. The van der Waals surface area contributed by atoms with E-state index < -0.39 is 0 Å². The van der Waals surface area contributed by atoms with Gasteiger partial charge < -0.3 is 15.4 Å². The zero-order chi connectivity index (χ0) is 16.8. The van der Waals surface area contributed by atoms with Crippen molar-refractivity contribution in [2.75, 3.05) is 26.2 Å². The maximum absolute atomic E-state index is 12.8. The predicted octanol–water partition coefficient (Wildman–Crippen LogP) is 2.91. The Kier molecular flexibility index (Phi) is 7.04. The Morgan fingerprint density at radius 1 is 1.04 bits per heavy atom. The molecule has 0 unspecified atom stereocenters. The summed E-state index contributed by atoms with van der Waals surface area (Å²) in [5, 5.41) is 0. The Morgan fingerprint density at radius 2 is 1.76 bits per heavy atom. The first-order valence-electron chi connectivity index (χ1n) is 8.23. The van der Waals surface area contributed by atoms with Crippen molar-refractivity contribution in [3.8, 4) is 5.75 Å². The van der Waals surface area contributed by atoms with Gasteiger partial charge >= 0.3 is 0 Å². The number of nitrogens with two attached hydrogens (primary N) is 1. The maximum Gasteiger partial charge on any atom is 0.253 e. The molecule has 1 heterocycles. The molecule has 0 radical (unpaired) electrons. The van der Waals surface area contributed by atoms with E-state index in [0.29, 0.717) is 31.8 Å². The summed E-state index contributed by atoms with van der Waals surface area (Å²) in [6.45, 7) is 1.96. The number of carbonyl (C=O) groups is 1. The molecule has 0 aromatic heterocycles. The van der Waals surface area contributed by atoms with Gasteiger partial charge in [-0.2, -0.15) is 0 Å². The highest BCUT2D eigenvalue weighted by atomic mass is 35.5. The van der Waals surface area contributed by atoms with E-state index in [4.69, 9.17) is 10.5 Å². The zero-order valence-electron chi connectivity index (χ0n) is 14.1. The van der Waals surface area contributed by atoms with Gasteiger partial charge in [0.25, 0.3) is 5.91 Å². The minimum atomic E-state index is 0. The smallest absolute Gasteiger partial charge is 0.253 e. The quantitative estimate of drug-likeness (QED) is 0.863. The molecular formula is C20H23ClN2O2. The van der Waals surface area contributed by atoms with Crippen molar-refractivity contribution < 1.29 is 9.53 Å². The maximum atomic E-state index is 12.8. The van der Waals surface area contributed by atoms with Crippen LogP contribution in [0.2, 0.25) is 0 Å². The molecule has 2 aromatic rings. The summed E-state index contributed by atoms with van der Waals surface area (Å²) in [4.78, 5) is 14.7. The topological polar surface area (TPSA) is 55.6 Å². The lowest BCUT2D eigenvalue weighted by Gasteiger charge is -2.25. The van der Waals surface area contributed by atoms with Gasteiger partial charge in [0.2, 0.25) is 0 Å². The van der Waals surface area contributed by atoms with Crippen LogP contribution >= 0.6 is 12.4 Å². The van der Waals surface area contributed by atoms with E-state index in [-0.39, 0.29) is 18.3 Å². The van der Waals surface area contributed by atoms with Gasteiger partial charge in [0.05, 0.1) is 5.57 Å². The summed E-state index contributed by atoms with van der Waals surface area (Å²) < 4.78 is 5.70. The number of fused-ring (bicyclic) bond motifs is 1. The number of hydrogen-bond acceptors (Lipinski definition) is 3. The Morgan fingerprint density at radius 3 is 2.52 bits per heavy atom. The predicted molar refractivity (Wildman–Crippen MR) is 103 cm³/mol. The van der Waals surface area contributed by atoms with Crippen LogP contribution in [0.3, 0.4) is 0 Å². The molecule has 1 aliphatic heterocycles. The molecule has 0 atom stereocenters. The lowest BCUT2D eigenvalue weighted by atomic mass is 10.1. The SMILES string of the molecule is Cl.NCCN(CCc1ccccc1)C(=O)C1=Cc2ccccc2OC1. The average molecular weight is 359 g/mol. The van der Waals surface area contributed by atoms with Gasteiger partial charge in [0.1, 0.15) is 12.4 Å². The van der Waals surface area contributed by atoms with Crippen LogP contribution in [0, 0.1) is 0 Å². The molecule has 5 heteroatoms. The summed E-state index contributed by atoms with van der Waals surface area (Å²) in [6, 6.07) is 17.9. The Labute approximate surface area is 154 Å². The molecule has 0 bridgehead atoms. The summed E-state index contributed by atoms with van der Waals surface area (Å²) in [5.74, 6) is 0.828. The Bertz CT molecular complexity index is 731. The average Bonchev–Trinajstić information content (AvgIpc) is 2.65. The highest BCUT2D eigenvalue weighted by Crippen LogP contribution is 2.26. The van der Waals surface area contributed by atoms with Gasteiger partial charge in [0, 0.05) is 25.2 Å². The lowest BCUT2D eigenvalue weighted by molar-refractivity contribution is -0.127. The van der Waals surface area contributed by atoms with Crippen LogP contribution in [0.15, 0.2) is 60.2 Å². The first kappa shape index (κ1) is 19.0. The van der Waals surface area contributed by atoms with Gasteiger partial charge in [0.15, 0.2) is 0 Å². The van der Waals surface area contributed by atoms with Crippen molar-refractivity contribution >= 4 is 24.4 Å². The number of rotatable bonds is 6. The number of para-hydroxylation sites is 1. The van der Waals surface area contributed by atoms with Crippen LogP contribution in [0.4, 0.5) is 0 Å². The monoisotopic (exact) mass is 358 g/mol. The van der Waals surface area contributed by atoms with Gasteiger partial charge in [-0.15, -0.1) is 12.4 Å². The highest BCUT2D eigenvalue weighted by molar-refractivity contribution is 5.99. The number of benzene rings is 2. The molecule has 0 fully saturated rings. The van der Waals surface area contributed by atoms with E-state index in [1.54, 1.807) is 0 Å².